The van der Waals surface area contributed by atoms with Crippen LogP contribution in [0.2, 0.25) is 0 Å². The summed E-state index contributed by atoms with van der Waals surface area (Å²) in [6, 6.07) is 4.52. The van der Waals surface area contributed by atoms with E-state index < -0.39 is 6.10 Å². The molecule has 70 valence electrons. The highest BCUT2D eigenvalue weighted by Gasteiger charge is 2.14. The van der Waals surface area contributed by atoms with Crippen molar-refractivity contribution in [3.05, 3.63) is 29.3 Å². The minimum absolute atomic E-state index is 0.0367. The second kappa shape index (κ2) is 3.58. The summed E-state index contributed by atoms with van der Waals surface area (Å²) in [5.41, 5.74) is 1.12. The first-order valence-electron chi connectivity index (χ1n) is 4.04. The molecular weight excluding hydrogens is 168 g/mol. The number of ketones is 1. The summed E-state index contributed by atoms with van der Waals surface area (Å²) in [4.78, 5) is 11.4. The molecule has 1 aromatic carbocycles. The molecule has 0 amide bonds. The smallest absolute Gasteiger partial charge is 0.191 e. The van der Waals surface area contributed by atoms with Gasteiger partial charge in [-0.15, -0.1) is 0 Å². The molecule has 0 unspecified atom stereocenters. The van der Waals surface area contributed by atoms with E-state index in [9.17, 15) is 4.79 Å². The Labute approximate surface area is 76.6 Å². The fourth-order valence-electron chi connectivity index (χ4n) is 1.10. The summed E-state index contributed by atoms with van der Waals surface area (Å²) in [7, 11) is 0. The molecule has 0 fully saturated rings. The van der Waals surface area contributed by atoms with E-state index in [2.05, 4.69) is 0 Å². The van der Waals surface area contributed by atoms with Gasteiger partial charge in [-0.2, -0.15) is 0 Å². The number of phenols is 1. The molecule has 0 saturated carbocycles. The monoisotopic (exact) mass is 180 g/mol. The van der Waals surface area contributed by atoms with Gasteiger partial charge in [0.15, 0.2) is 5.78 Å². The maximum Gasteiger partial charge on any atom is 0.191 e. The Bertz CT molecular complexity index is 329. The van der Waals surface area contributed by atoms with E-state index in [-0.39, 0.29) is 11.5 Å². The number of aliphatic hydroxyl groups excluding tert-OH is 1. The van der Waals surface area contributed by atoms with Crippen molar-refractivity contribution in [2.24, 2.45) is 0 Å². The first kappa shape index (κ1) is 9.74. The number of hydrogen-bond donors (Lipinski definition) is 2. The van der Waals surface area contributed by atoms with E-state index in [4.69, 9.17) is 10.2 Å². The Hall–Kier alpha value is -1.35. The number of Topliss-reactive ketones (excluding diaryl/α,β-unsaturated/α-hetero) is 1. The molecule has 1 rings (SSSR count). The summed E-state index contributed by atoms with van der Waals surface area (Å²) in [6.45, 7) is 3.17. The van der Waals surface area contributed by atoms with Gasteiger partial charge in [-0.1, -0.05) is 6.07 Å². The first-order chi connectivity index (χ1) is 6.02. The molecule has 2 N–H and O–H groups in total. The molecule has 1 aromatic rings. The topological polar surface area (TPSA) is 57.5 Å². The van der Waals surface area contributed by atoms with Gasteiger partial charge in [-0.3, -0.25) is 4.79 Å². The number of aryl methyl sites for hydroxylation is 1. The lowest BCUT2D eigenvalue weighted by atomic mass is 10.0. The molecule has 1 atom stereocenters. The van der Waals surface area contributed by atoms with Crippen LogP contribution in [0.3, 0.4) is 0 Å². The summed E-state index contributed by atoms with van der Waals surface area (Å²) >= 11 is 0. The van der Waals surface area contributed by atoms with E-state index in [0.717, 1.165) is 5.56 Å². The molecule has 0 saturated heterocycles. The summed E-state index contributed by atoms with van der Waals surface area (Å²) < 4.78 is 0. The lowest BCUT2D eigenvalue weighted by Crippen LogP contribution is -2.17. The van der Waals surface area contributed by atoms with Crippen molar-refractivity contribution in [3.8, 4) is 5.75 Å². The standard InChI is InChI=1S/C10H12O3/c1-6-3-4-8(12)5-9(6)10(13)7(2)11/h3-5,7,11-12H,1-2H3/t7-/m1/s1. The molecule has 0 aliphatic heterocycles. The second-order valence-corrected chi connectivity index (χ2v) is 3.04. The van der Waals surface area contributed by atoms with Crippen molar-refractivity contribution in [1.29, 1.82) is 0 Å². The minimum Gasteiger partial charge on any atom is -0.508 e. The molecule has 13 heavy (non-hydrogen) atoms. The highest BCUT2D eigenvalue weighted by Crippen LogP contribution is 2.17. The van der Waals surface area contributed by atoms with Gasteiger partial charge in [0.05, 0.1) is 0 Å². The van der Waals surface area contributed by atoms with Gasteiger partial charge < -0.3 is 10.2 Å². The van der Waals surface area contributed by atoms with Crippen molar-refractivity contribution in [2.45, 2.75) is 20.0 Å². The fourth-order valence-corrected chi connectivity index (χ4v) is 1.10. The van der Waals surface area contributed by atoms with Crippen molar-refractivity contribution >= 4 is 5.78 Å². The Morgan fingerprint density at radius 2 is 2.08 bits per heavy atom. The highest BCUT2D eigenvalue weighted by atomic mass is 16.3. The van der Waals surface area contributed by atoms with Crippen LogP contribution in [0.15, 0.2) is 18.2 Å². The number of aromatic hydroxyl groups is 1. The van der Waals surface area contributed by atoms with Crippen LogP contribution in [-0.2, 0) is 0 Å². The van der Waals surface area contributed by atoms with E-state index in [0.29, 0.717) is 5.56 Å². The Morgan fingerprint density at radius 3 is 2.62 bits per heavy atom. The van der Waals surface area contributed by atoms with Gasteiger partial charge in [-0.25, -0.2) is 0 Å². The van der Waals surface area contributed by atoms with Crippen LogP contribution in [0, 0.1) is 6.92 Å². The zero-order chi connectivity index (χ0) is 10.0. The summed E-state index contributed by atoms with van der Waals surface area (Å²) in [6.07, 6.45) is -1.03. The second-order valence-electron chi connectivity index (χ2n) is 3.04. The zero-order valence-corrected chi connectivity index (χ0v) is 7.61. The maximum atomic E-state index is 11.4. The van der Waals surface area contributed by atoms with Crippen LogP contribution in [0.25, 0.3) is 0 Å². The number of carbonyl (C=O) groups excluding carboxylic acids is 1. The molecule has 0 spiro atoms. The zero-order valence-electron chi connectivity index (χ0n) is 7.61. The number of aliphatic hydroxyl groups is 1. The molecule has 0 aliphatic carbocycles. The van der Waals surface area contributed by atoms with E-state index in [1.165, 1.54) is 19.1 Å². The third-order valence-corrected chi connectivity index (χ3v) is 1.87. The summed E-state index contributed by atoms with van der Waals surface area (Å²) in [5, 5.41) is 18.2. The summed E-state index contributed by atoms with van der Waals surface area (Å²) in [5.74, 6) is -0.331. The average molecular weight is 180 g/mol. The van der Waals surface area contributed by atoms with Crippen molar-refractivity contribution in [1.82, 2.24) is 0 Å². The van der Waals surface area contributed by atoms with Gasteiger partial charge in [0.1, 0.15) is 11.9 Å². The van der Waals surface area contributed by atoms with Gasteiger partial charge in [0, 0.05) is 5.56 Å². The number of benzene rings is 1. The average Bonchev–Trinajstić information content (AvgIpc) is 2.08. The fraction of sp³-hybridized carbons (Fsp3) is 0.300. The molecule has 3 heteroatoms. The molecular formula is C10H12O3. The number of rotatable bonds is 2. The lowest BCUT2D eigenvalue weighted by molar-refractivity contribution is 0.0778. The van der Waals surface area contributed by atoms with Gasteiger partial charge in [-0.05, 0) is 31.5 Å². The Balaban J connectivity index is 3.13. The highest BCUT2D eigenvalue weighted by molar-refractivity contribution is 6.00. The third kappa shape index (κ3) is 2.06. The van der Waals surface area contributed by atoms with Crippen LogP contribution in [0.4, 0.5) is 0 Å². The molecule has 0 aromatic heterocycles. The Kier molecular flexibility index (Phi) is 2.68. The number of carbonyl (C=O) groups is 1. The van der Waals surface area contributed by atoms with E-state index in [1.54, 1.807) is 13.0 Å². The first-order valence-corrected chi connectivity index (χ1v) is 4.04. The minimum atomic E-state index is -1.03. The number of phenolic OH excluding ortho intramolecular Hbond substituents is 1. The van der Waals surface area contributed by atoms with E-state index >= 15 is 0 Å². The molecule has 0 heterocycles. The van der Waals surface area contributed by atoms with Crippen molar-refractivity contribution in [2.75, 3.05) is 0 Å². The van der Waals surface area contributed by atoms with Gasteiger partial charge >= 0.3 is 0 Å². The van der Waals surface area contributed by atoms with Crippen LogP contribution in [0.5, 0.6) is 5.75 Å². The maximum absolute atomic E-state index is 11.4. The van der Waals surface area contributed by atoms with Crippen LogP contribution in [-0.4, -0.2) is 22.1 Å². The van der Waals surface area contributed by atoms with Crippen molar-refractivity contribution in [3.63, 3.8) is 0 Å². The van der Waals surface area contributed by atoms with Crippen molar-refractivity contribution < 1.29 is 15.0 Å². The quantitative estimate of drug-likeness (QED) is 0.674. The van der Waals surface area contributed by atoms with Crippen LogP contribution < -0.4 is 0 Å². The SMILES string of the molecule is Cc1ccc(O)cc1C(=O)[C@@H](C)O. The van der Waals surface area contributed by atoms with Crippen LogP contribution in [0.1, 0.15) is 22.8 Å². The van der Waals surface area contributed by atoms with Crippen LogP contribution >= 0.6 is 0 Å². The normalized spacial score (nSPS) is 12.5. The molecule has 3 nitrogen and oxygen atoms in total. The molecule has 0 aliphatic rings. The lowest BCUT2D eigenvalue weighted by Gasteiger charge is -2.06. The Morgan fingerprint density at radius 1 is 1.46 bits per heavy atom. The predicted octanol–water partition coefficient (Wildman–Crippen LogP) is 1.26. The van der Waals surface area contributed by atoms with Gasteiger partial charge in [0.25, 0.3) is 0 Å². The molecule has 0 radical (unpaired) electrons. The molecule has 0 bridgehead atoms. The number of hydrogen-bond acceptors (Lipinski definition) is 3. The third-order valence-electron chi connectivity index (χ3n) is 1.87. The largest absolute Gasteiger partial charge is 0.508 e. The predicted molar refractivity (Wildman–Crippen MR) is 48.9 cm³/mol. The van der Waals surface area contributed by atoms with Gasteiger partial charge in [0.2, 0.25) is 0 Å². The van der Waals surface area contributed by atoms with E-state index in [1.807, 2.05) is 0 Å².